The van der Waals surface area contributed by atoms with Gasteiger partial charge in [-0.1, -0.05) is 68.4 Å². The molecule has 1 amide bonds. The molecule has 0 radical (unpaired) electrons. The largest absolute Gasteiger partial charge is 0.467 e. The molecule has 0 aliphatic heterocycles. The lowest BCUT2D eigenvalue weighted by Gasteiger charge is -2.18. The summed E-state index contributed by atoms with van der Waals surface area (Å²) in [5.41, 5.74) is 2.68. The van der Waals surface area contributed by atoms with E-state index in [1.165, 1.54) is 7.11 Å². The standard InChI is InChI=1S/C23H27NO4/c1-16(2)15-20(23(27)28-3)24-22(26)14-13-21(25)19-11-9-18(10-12-19)17-7-5-4-6-8-17/h4-12,16,20H,13-15H2,1-3H3,(H,24,26)/t20-/m1/s1. The van der Waals surface area contributed by atoms with Crippen molar-refractivity contribution in [1.82, 2.24) is 5.32 Å². The molecule has 0 saturated heterocycles. The maximum absolute atomic E-state index is 12.4. The zero-order valence-corrected chi connectivity index (χ0v) is 16.6. The fourth-order valence-electron chi connectivity index (χ4n) is 2.94. The van der Waals surface area contributed by atoms with E-state index in [0.29, 0.717) is 12.0 Å². The molecular formula is C23H27NO4. The molecule has 5 heteroatoms. The van der Waals surface area contributed by atoms with Gasteiger partial charge in [-0.2, -0.15) is 0 Å². The van der Waals surface area contributed by atoms with Crippen LogP contribution >= 0.6 is 0 Å². The van der Waals surface area contributed by atoms with Crippen LogP contribution in [0.2, 0.25) is 0 Å². The highest BCUT2D eigenvalue weighted by Gasteiger charge is 2.22. The van der Waals surface area contributed by atoms with E-state index in [0.717, 1.165) is 11.1 Å². The van der Waals surface area contributed by atoms with Crippen LogP contribution in [0.1, 0.15) is 43.5 Å². The number of hydrogen-bond acceptors (Lipinski definition) is 4. The van der Waals surface area contributed by atoms with Gasteiger partial charge in [-0.05, 0) is 23.5 Å². The van der Waals surface area contributed by atoms with Gasteiger partial charge in [-0.15, -0.1) is 0 Å². The van der Waals surface area contributed by atoms with Gasteiger partial charge in [0, 0.05) is 18.4 Å². The Morgan fingerprint density at radius 2 is 1.50 bits per heavy atom. The third kappa shape index (κ3) is 6.34. The summed E-state index contributed by atoms with van der Waals surface area (Å²) in [6, 6.07) is 16.6. The predicted octanol–water partition coefficient (Wildman–Crippen LogP) is 4.02. The summed E-state index contributed by atoms with van der Waals surface area (Å²) in [5, 5.41) is 2.67. The molecule has 148 valence electrons. The van der Waals surface area contributed by atoms with Crippen molar-refractivity contribution in [3.8, 4) is 11.1 Å². The van der Waals surface area contributed by atoms with Gasteiger partial charge in [-0.3, -0.25) is 9.59 Å². The Labute approximate surface area is 166 Å². The Balaban J connectivity index is 1.90. The highest BCUT2D eigenvalue weighted by atomic mass is 16.5. The summed E-state index contributed by atoms with van der Waals surface area (Å²) in [5.74, 6) is -0.669. The molecule has 0 aliphatic carbocycles. The third-order valence-corrected chi connectivity index (χ3v) is 4.42. The molecular weight excluding hydrogens is 354 g/mol. The van der Waals surface area contributed by atoms with Gasteiger partial charge in [0.2, 0.25) is 5.91 Å². The SMILES string of the molecule is COC(=O)[C@@H](CC(C)C)NC(=O)CCC(=O)c1ccc(-c2ccccc2)cc1. The second-order valence-electron chi connectivity index (χ2n) is 7.14. The van der Waals surface area contributed by atoms with Crippen LogP contribution in [0.5, 0.6) is 0 Å². The summed E-state index contributed by atoms with van der Waals surface area (Å²) in [6.07, 6.45) is 0.615. The van der Waals surface area contributed by atoms with Crippen LogP contribution in [-0.4, -0.2) is 30.8 Å². The molecule has 0 spiro atoms. The average molecular weight is 381 g/mol. The van der Waals surface area contributed by atoms with Gasteiger partial charge >= 0.3 is 5.97 Å². The predicted molar refractivity (Wildman–Crippen MR) is 109 cm³/mol. The van der Waals surface area contributed by atoms with E-state index in [-0.39, 0.29) is 30.4 Å². The molecule has 2 rings (SSSR count). The van der Waals surface area contributed by atoms with E-state index in [4.69, 9.17) is 4.74 Å². The van der Waals surface area contributed by atoms with Gasteiger partial charge in [-0.25, -0.2) is 4.79 Å². The Morgan fingerprint density at radius 1 is 0.893 bits per heavy atom. The number of benzene rings is 2. The maximum Gasteiger partial charge on any atom is 0.328 e. The summed E-state index contributed by atoms with van der Waals surface area (Å²) < 4.78 is 4.74. The Bertz CT molecular complexity index is 797. The molecule has 0 bridgehead atoms. The van der Waals surface area contributed by atoms with Gasteiger partial charge < -0.3 is 10.1 Å². The normalized spacial score (nSPS) is 11.7. The number of Topliss-reactive ketones (excluding diaryl/α,β-unsaturated/α-hetero) is 1. The minimum atomic E-state index is -0.683. The number of hydrogen-bond donors (Lipinski definition) is 1. The zero-order valence-electron chi connectivity index (χ0n) is 16.6. The first-order valence-electron chi connectivity index (χ1n) is 9.46. The van der Waals surface area contributed by atoms with E-state index in [1.807, 2.05) is 56.3 Å². The second kappa shape index (κ2) is 10.4. The molecule has 0 aromatic heterocycles. The van der Waals surface area contributed by atoms with Crippen LogP contribution in [0, 0.1) is 5.92 Å². The number of methoxy groups -OCH3 is 1. The van der Waals surface area contributed by atoms with Gasteiger partial charge in [0.1, 0.15) is 6.04 Å². The van der Waals surface area contributed by atoms with Gasteiger partial charge in [0.25, 0.3) is 0 Å². The number of amides is 1. The van der Waals surface area contributed by atoms with Crippen molar-refractivity contribution in [3.05, 3.63) is 60.2 Å². The molecule has 2 aromatic rings. The number of rotatable bonds is 9. The Morgan fingerprint density at radius 3 is 2.07 bits per heavy atom. The minimum absolute atomic E-state index is 0.0326. The molecule has 0 heterocycles. The van der Waals surface area contributed by atoms with Gasteiger partial charge in [0.15, 0.2) is 5.78 Å². The number of carbonyl (C=O) groups excluding carboxylic acids is 3. The second-order valence-corrected chi connectivity index (χ2v) is 7.14. The monoisotopic (exact) mass is 381 g/mol. The summed E-state index contributed by atoms with van der Waals surface area (Å²) >= 11 is 0. The molecule has 0 aliphatic rings. The first-order chi connectivity index (χ1) is 13.4. The molecule has 0 unspecified atom stereocenters. The first kappa shape index (κ1) is 21.4. The molecule has 1 atom stereocenters. The van der Waals surface area contributed by atoms with Gasteiger partial charge in [0.05, 0.1) is 7.11 Å². The zero-order chi connectivity index (χ0) is 20.5. The summed E-state index contributed by atoms with van der Waals surface area (Å²) in [4.78, 5) is 36.3. The van der Waals surface area contributed by atoms with E-state index < -0.39 is 12.0 Å². The van der Waals surface area contributed by atoms with Crippen molar-refractivity contribution in [1.29, 1.82) is 0 Å². The quantitative estimate of drug-likeness (QED) is 0.526. The number of ketones is 1. The maximum atomic E-state index is 12.4. The number of esters is 1. The molecule has 0 saturated carbocycles. The summed E-state index contributed by atoms with van der Waals surface area (Å²) in [6.45, 7) is 3.93. The molecule has 28 heavy (non-hydrogen) atoms. The number of nitrogens with one attached hydrogen (secondary N) is 1. The van der Waals surface area contributed by atoms with Crippen molar-refractivity contribution in [3.63, 3.8) is 0 Å². The van der Waals surface area contributed by atoms with Crippen molar-refractivity contribution in [2.45, 2.75) is 39.2 Å². The van der Waals surface area contributed by atoms with Crippen LogP contribution < -0.4 is 5.32 Å². The fourth-order valence-corrected chi connectivity index (χ4v) is 2.94. The lowest BCUT2D eigenvalue weighted by Crippen LogP contribution is -2.42. The lowest BCUT2D eigenvalue weighted by molar-refractivity contribution is -0.145. The molecule has 1 N–H and O–H groups in total. The van der Waals surface area contributed by atoms with Crippen LogP contribution in [0.15, 0.2) is 54.6 Å². The van der Waals surface area contributed by atoms with Crippen molar-refractivity contribution in [2.75, 3.05) is 7.11 Å². The van der Waals surface area contributed by atoms with E-state index >= 15 is 0 Å². The van der Waals surface area contributed by atoms with Crippen molar-refractivity contribution >= 4 is 17.7 Å². The lowest BCUT2D eigenvalue weighted by atomic mass is 10.0. The number of carbonyl (C=O) groups is 3. The Kier molecular flexibility index (Phi) is 7.93. The van der Waals surface area contributed by atoms with Crippen LogP contribution in [-0.2, 0) is 14.3 Å². The van der Waals surface area contributed by atoms with E-state index in [9.17, 15) is 14.4 Å². The highest BCUT2D eigenvalue weighted by molar-refractivity contribution is 5.98. The summed E-state index contributed by atoms with van der Waals surface area (Å²) in [7, 11) is 1.30. The van der Waals surface area contributed by atoms with Crippen molar-refractivity contribution in [2.24, 2.45) is 5.92 Å². The van der Waals surface area contributed by atoms with Crippen LogP contribution in [0.4, 0.5) is 0 Å². The molecule has 0 fully saturated rings. The number of ether oxygens (including phenoxy) is 1. The Hall–Kier alpha value is -2.95. The van der Waals surface area contributed by atoms with E-state index in [2.05, 4.69) is 5.32 Å². The highest BCUT2D eigenvalue weighted by Crippen LogP contribution is 2.20. The average Bonchev–Trinajstić information content (AvgIpc) is 2.71. The third-order valence-electron chi connectivity index (χ3n) is 4.42. The minimum Gasteiger partial charge on any atom is -0.467 e. The smallest absolute Gasteiger partial charge is 0.328 e. The first-order valence-corrected chi connectivity index (χ1v) is 9.46. The molecule has 2 aromatic carbocycles. The van der Waals surface area contributed by atoms with Crippen LogP contribution in [0.25, 0.3) is 11.1 Å². The fraction of sp³-hybridized carbons (Fsp3) is 0.348. The van der Waals surface area contributed by atoms with E-state index in [1.54, 1.807) is 12.1 Å². The topological polar surface area (TPSA) is 72.5 Å². The van der Waals surface area contributed by atoms with Crippen LogP contribution in [0.3, 0.4) is 0 Å². The molecule has 5 nitrogen and oxygen atoms in total. The van der Waals surface area contributed by atoms with Crippen molar-refractivity contribution < 1.29 is 19.1 Å².